The minimum atomic E-state index is 0.769. The highest BCUT2D eigenvalue weighted by Crippen LogP contribution is 2.28. The van der Waals surface area contributed by atoms with Crippen molar-refractivity contribution in [1.29, 1.82) is 0 Å². The average molecular weight is 297 g/mol. The number of aromatic nitrogens is 3. The summed E-state index contributed by atoms with van der Waals surface area (Å²) in [6, 6.07) is 16.4. The number of imidazole rings is 1. The molecule has 5 heteroatoms. The molecule has 0 atom stereocenters. The minimum absolute atomic E-state index is 0.769. The molecule has 2 aromatic carbocycles. The van der Waals surface area contributed by atoms with Crippen molar-refractivity contribution in [3.63, 3.8) is 0 Å². The van der Waals surface area contributed by atoms with Gasteiger partial charge < -0.3 is 4.57 Å². The van der Waals surface area contributed by atoms with Crippen molar-refractivity contribution in [3.05, 3.63) is 53.3 Å². The third-order valence-corrected chi connectivity index (χ3v) is 4.91. The zero-order chi connectivity index (χ0) is 13.7. The first kappa shape index (κ1) is 11.8. The van der Waals surface area contributed by atoms with E-state index in [4.69, 9.17) is 17.2 Å². The van der Waals surface area contributed by atoms with Crippen LogP contribution >= 0.6 is 23.6 Å². The molecule has 0 amide bonds. The Labute approximate surface area is 124 Å². The van der Waals surface area contributed by atoms with Gasteiger partial charge in [-0.15, -0.1) is 0 Å². The maximum Gasteiger partial charge on any atom is 0.197 e. The van der Waals surface area contributed by atoms with Gasteiger partial charge >= 0.3 is 0 Å². The lowest BCUT2D eigenvalue weighted by Gasteiger charge is -1.97. The molecule has 4 aromatic rings. The smallest absolute Gasteiger partial charge is 0.197 e. The first-order valence-electron chi connectivity index (χ1n) is 6.28. The van der Waals surface area contributed by atoms with Crippen LogP contribution in [0.25, 0.3) is 26.4 Å². The summed E-state index contributed by atoms with van der Waals surface area (Å²) in [5.41, 5.74) is 3.23. The molecule has 4 rings (SSSR count). The van der Waals surface area contributed by atoms with E-state index in [1.807, 2.05) is 41.9 Å². The number of thiazole rings is 1. The van der Waals surface area contributed by atoms with Gasteiger partial charge in [0.05, 0.1) is 21.3 Å². The molecule has 0 saturated carbocycles. The Morgan fingerprint density at radius 1 is 1.00 bits per heavy atom. The Morgan fingerprint density at radius 2 is 1.70 bits per heavy atom. The Morgan fingerprint density at radius 3 is 2.50 bits per heavy atom. The second kappa shape index (κ2) is 4.26. The van der Waals surface area contributed by atoms with Gasteiger partial charge in [0.1, 0.15) is 0 Å². The first-order chi connectivity index (χ1) is 9.75. The van der Waals surface area contributed by atoms with Gasteiger partial charge in [-0.05, 0) is 36.5 Å². The van der Waals surface area contributed by atoms with Crippen molar-refractivity contribution in [2.24, 2.45) is 7.05 Å². The zero-order valence-electron chi connectivity index (χ0n) is 10.8. The van der Waals surface area contributed by atoms with Crippen molar-refractivity contribution in [3.8, 4) is 5.13 Å². The summed E-state index contributed by atoms with van der Waals surface area (Å²) < 4.78 is 6.02. The molecule has 0 N–H and O–H groups in total. The third-order valence-electron chi connectivity index (χ3n) is 3.44. The van der Waals surface area contributed by atoms with E-state index in [2.05, 4.69) is 22.8 Å². The first-order valence-corrected chi connectivity index (χ1v) is 7.50. The Kier molecular flexibility index (Phi) is 2.52. The van der Waals surface area contributed by atoms with E-state index >= 15 is 0 Å². The summed E-state index contributed by atoms with van der Waals surface area (Å²) in [7, 11) is 1.99. The quantitative estimate of drug-likeness (QED) is 0.489. The normalized spacial score (nSPS) is 11.4. The highest BCUT2D eigenvalue weighted by atomic mass is 32.1. The van der Waals surface area contributed by atoms with E-state index in [1.165, 1.54) is 4.70 Å². The Balaban J connectivity index is 2.12. The number of aryl methyl sites for hydroxylation is 1. The highest BCUT2D eigenvalue weighted by Gasteiger charge is 2.12. The largest absolute Gasteiger partial charge is 0.319 e. The summed E-state index contributed by atoms with van der Waals surface area (Å²) >= 11 is 7.24. The van der Waals surface area contributed by atoms with Gasteiger partial charge in [0, 0.05) is 7.05 Å². The van der Waals surface area contributed by atoms with Crippen molar-refractivity contribution in [2.75, 3.05) is 0 Å². The van der Waals surface area contributed by atoms with Crippen LogP contribution < -0.4 is 0 Å². The monoisotopic (exact) mass is 297 g/mol. The number of rotatable bonds is 1. The molecule has 0 unspecified atom stereocenters. The van der Waals surface area contributed by atoms with E-state index < -0.39 is 0 Å². The molecular weight excluding hydrogens is 286 g/mol. The lowest BCUT2D eigenvalue weighted by atomic mass is 10.3. The second-order valence-corrected chi connectivity index (χ2v) is 6.00. The molecule has 2 heterocycles. The predicted molar refractivity (Wildman–Crippen MR) is 86.3 cm³/mol. The SMILES string of the molecule is Cn1c(=S)n(-c2nc3ccccc3s2)c2ccccc21. The summed E-state index contributed by atoms with van der Waals surface area (Å²) in [5, 5.41) is 0.924. The van der Waals surface area contributed by atoms with Crippen molar-refractivity contribution >= 4 is 44.8 Å². The van der Waals surface area contributed by atoms with Gasteiger partial charge in [-0.2, -0.15) is 0 Å². The molecule has 0 aliphatic rings. The van der Waals surface area contributed by atoms with Gasteiger partial charge in [0.25, 0.3) is 0 Å². The summed E-state index contributed by atoms with van der Waals surface area (Å²) in [5.74, 6) is 0. The van der Waals surface area contributed by atoms with Gasteiger partial charge in [-0.1, -0.05) is 35.6 Å². The Hall–Kier alpha value is -1.98. The summed E-state index contributed by atoms with van der Waals surface area (Å²) in [4.78, 5) is 4.71. The molecule has 3 nitrogen and oxygen atoms in total. The number of nitrogens with zero attached hydrogens (tertiary/aromatic N) is 3. The number of para-hydroxylation sites is 3. The van der Waals surface area contributed by atoms with Crippen molar-refractivity contribution in [1.82, 2.24) is 14.1 Å². The van der Waals surface area contributed by atoms with Gasteiger partial charge in [0.15, 0.2) is 9.90 Å². The molecular formula is C15H11N3S2. The van der Waals surface area contributed by atoms with Crippen LogP contribution in [0.1, 0.15) is 0 Å². The summed E-state index contributed by atoms with van der Waals surface area (Å²) in [6.45, 7) is 0. The van der Waals surface area contributed by atoms with Crippen LogP contribution in [0.3, 0.4) is 0 Å². The maximum absolute atomic E-state index is 5.57. The van der Waals surface area contributed by atoms with Crippen LogP contribution in [0.4, 0.5) is 0 Å². The van der Waals surface area contributed by atoms with Crippen LogP contribution in [-0.4, -0.2) is 14.1 Å². The van der Waals surface area contributed by atoms with Gasteiger partial charge in [-0.25, -0.2) is 4.98 Å². The summed E-state index contributed by atoms with van der Waals surface area (Å²) in [6.07, 6.45) is 0. The fraction of sp³-hybridized carbons (Fsp3) is 0.0667. The van der Waals surface area contributed by atoms with Crippen LogP contribution in [0.15, 0.2) is 48.5 Å². The Bertz CT molecular complexity index is 958. The number of fused-ring (bicyclic) bond motifs is 2. The molecule has 0 spiro atoms. The molecule has 0 aliphatic carbocycles. The molecule has 20 heavy (non-hydrogen) atoms. The number of hydrogen-bond acceptors (Lipinski definition) is 3. The van der Waals surface area contributed by atoms with Crippen molar-refractivity contribution < 1.29 is 0 Å². The zero-order valence-corrected chi connectivity index (χ0v) is 12.4. The van der Waals surface area contributed by atoms with E-state index in [-0.39, 0.29) is 0 Å². The van der Waals surface area contributed by atoms with E-state index in [9.17, 15) is 0 Å². The van der Waals surface area contributed by atoms with Crippen LogP contribution in [0.2, 0.25) is 0 Å². The number of benzene rings is 2. The van der Waals surface area contributed by atoms with Crippen molar-refractivity contribution in [2.45, 2.75) is 0 Å². The molecule has 0 aliphatic heterocycles. The maximum atomic E-state index is 5.57. The lowest BCUT2D eigenvalue weighted by molar-refractivity contribution is 0.884. The lowest BCUT2D eigenvalue weighted by Crippen LogP contribution is -1.94. The molecule has 0 fully saturated rings. The van der Waals surface area contributed by atoms with Gasteiger partial charge in [0.2, 0.25) is 0 Å². The highest BCUT2D eigenvalue weighted by molar-refractivity contribution is 7.71. The van der Waals surface area contributed by atoms with E-state index in [0.29, 0.717) is 0 Å². The standard InChI is InChI=1S/C15H11N3S2/c1-17-11-7-3-4-8-12(11)18(15(17)19)14-16-10-6-2-5-9-13(10)20-14/h2-9H,1H3. The molecule has 0 bridgehead atoms. The average Bonchev–Trinajstić information content (AvgIpc) is 3.00. The van der Waals surface area contributed by atoms with E-state index in [0.717, 1.165) is 26.5 Å². The molecule has 0 radical (unpaired) electrons. The second-order valence-electron chi connectivity index (χ2n) is 4.63. The minimum Gasteiger partial charge on any atom is -0.319 e. The molecule has 0 saturated heterocycles. The topological polar surface area (TPSA) is 22.8 Å². The molecule has 98 valence electrons. The number of hydrogen-bond donors (Lipinski definition) is 0. The van der Waals surface area contributed by atoms with Gasteiger partial charge in [-0.3, -0.25) is 4.57 Å². The fourth-order valence-corrected chi connectivity index (χ4v) is 3.76. The third kappa shape index (κ3) is 1.57. The van der Waals surface area contributed by atoms with Crippen LogP contribution in [-0.2, 0) is 7.05 Å². The fourth-order valence-electron chi connectivity index (χ4n) is 2.43. The van der Waals surface area contributed by atoms with Crippen LogP contribution in [0.5, 0.6) is 0 Å². The molecule has 2 aromatic heterocycles. The van der Waals surface area contributed by atoms with Crippen LogP contribution in [0, 0.1) is 4.77 Å². The predicted octanol–water partition coefficient (Wildman–Crippen LogP) is 4.31. The van der Waals surface area contributed by atoms with E-state index in [1.54, 1.807) is 11.3 Å².